The van der Waals surface area contributed by atoms with Crippen LogP contribution in [0.1, 0.15) is 37.8 Å². The fourth-order valence-electron chi connectivity index (χ4n) is 1.88. The van der Waals surface area contributed by atoms with Crippen LogP contribution in [0.15, 0.2) is 36.7 Å². The van der Waals surface area contributed by atoms with Crippen molar-refractivity contribution in [1.82, 2.24) is 9.97 Å². The zero-order valence-electron chi connectivity index (χ0n) is 12.3. The van der Waals surface area contributed by atoms with Crippen molar-refractivity contribution in [3.05, 3.63) is 47.8 Å². The van der Waals surface area contributed by atoms with Crippen molar-refractivity contribution in [1.29, 1.82) is 0 Å². The predicted molar refractivity (Wildman–Crippen MR) is 81.1 cm³/mol. The molecule has 0 unspecified atom stereocenters. The Hall–Kier alpha value is -2.10. The Kier molecular flexibility index (Phi) is 4.93. The lowest BCUT2D eigenvalue weighted by Crippen LogP contribution is -2.03. The molecule has 0 aliphatic heterocycles. The molecule has 2 rings (SSSR count). The summed E-state index contributed by atoms with van der Waals surface area (Å²) in [5.41, 5.74) is 2.58. The number of aromatic nitrogens is 2. The molecule has 0 spiro atoms. The summed E-state index contributed by atoms with van der Waals surface area (Å²) in [6.45, 7) is 7.67. The summed E-state index contributed by atoms with van der Waals surface area (Å²) in [6.07, 6.45) is 1.51. The average molecular weight is 271 g/mol. The Bertz CT molecular complexity index is 538. The van der Waals surface area contributed by atoms with Crippen LogP contribution in [0.2, 0.25) is 0 Å². The molecule has 20 heavy (non-hydrogen) atoms. The maximum absolute atomic E-state index is 5.35. The van der Waals surface area contributed by atoms with E-state index in [9.17, 15) is 0 Å². The maximum Gasteiger partial charge on any atom is 0.218 e. The first-order valence-corrected chi connectivity index (χ1v) is 6.96. The Balaban J connectivity index is 1.96. The van der Waals surface area contributed by atoms with Crippen LogP contribution >= 0.6 is 0 Å². The van der Waals surface area contributed by atoms with Gasteiger partial charge in [0, 0.05) is 12.6 Å². The summed E-state index contributed by atoms with van der Waals surface area (Å²) in [7, 11) is 0. The van der Waals surface area contributed by atoms with Crippen LogP contribution in [-0.4, -0.2) is 16.6 Å². The molecule has 0 radical (unpaired) electrons. The third-order valence-electron chi connectivity index (χ3n) is 3.05. The van der Waals surface area contributed by atoms with Crippen molar-refractivity contribution in [3.8, 4) is 5.88 Å². The third-order valence-corrected chi connectivity index (χ3v) is 3.05. The van der Waals surface area contributed by atoms with E-state index in [0.29, 0.717) is 18.4 Å². The molecule has 0 aliphatic carbocycles. The number of nitrogens with one attached hydrogen (secondary N) is 1. The van der Waals surface area contributed by atoms with Crippen molar-refractivity contribution in [2.24, 2.45) is 0 Å². The van der Waals surface area contributed by atoms with E-state index >= 15 is 0 Å². The molecular formula is C16H21N3O. The lowest BCUT2D eigenvalue weighted by atomic mass is 10.0. The van der Waals surface area contributed by atoms with Gasteiger partial charge in [0.05, 0.1) is 6.61 Å². The van der Waals surface area contributed by atoms with Gasteiger partial charge in [-0.3, -0.25) is 0 Å². The van der Waals surface area contributed by atoms with E-state index in [0.717, 1.165) is 12.4 Å². The van der Waals surface area contributed by atoms with Crippen LogP contribution in [0, 0.1) is 0 Å². The Morgan fingerprint density at radius 2 is 1.90 bits per heavy atom. The number of nitrogens with zero attached hydrogens (tertiary/aromatic N) is 2. The molecule has 1 N–H and O–H groups in total. The number of hydrogen-bond acceptors (Lipinski definition) is 4. The van der Waals surface area contributed by atoms with E-state index in [1.807, 2.05) is 13.0 Å². The lowest BCUT2D eigenvalue weighted by molar-refractivity contribution is 0.326. The zero-order chi connectivity index (χ0) is 14.4. The quantitative estimate of drug-likeness (QED) is 0.872. The number of rotatable bonds is 6. The first kappa shape index (κ1) is 14.3. The fourth-order valence-corrected chi connectivity index (χ4v) is 1.88. The van der Waals surface area contributed by atoms with Gasteiger partial charge >= 0.3 is 0 Å². The standard InChI is InChI=1S/C16H21N3O/c1-4-20-16-9-15(18-11-19-16)17-10-13-5-7-14(8-6-13)12(2)3/h5-9,11-12H,4,10H2,1-3H3,(H,17,18,19). The van der Waals surface area contributed by atoms with E-state index in [2.05, 4.69) is 53.4 Å². The van der Waals surface area contributed by atoms with Crippen LogP contribution in [0.5, 0.6) is 5.88 Å². The Morgan fingerprint density at radius 1 is 1.15 bits per heavy atom. The van der Waals surface area contributed by atoms with Crippen molar-refractivity contribution >= 4 is 5.82 Å². The molecule has 1 aromatic carbocycles. The second kappa shape index (κ2) is 6.89. The van der Waals surface area contributed by atoms with Gasteiger partial charge in [0.2, 0.25) is 5.88 Å². The van der Waals surface area contributed by atoms with E-state index in [1.54, 1.807) is 0 Å². The van der Waals surface area contributed by atoms with E-state index < -0.39 is 0 Å². The molecule has 0 saturated carbocycles. The fraction of sp³-hybridized carbons (Fsp3) is 0.375. The molecule has 0 fully saturated rings. The summed E-state index contributed by atoms with van der Waals surface area (Å²) in [5, 5.41) is 3.28. The van der Waals surface area contributed by atoms with Crippen LogP contribution in [0.4, 0.5) is 5.82 Å². The molecule has 0 amide bonds. The highest BCUT2D eigenvalue weighted by molar-refractivity contribution is 5.38. The van der Waals surface area contributed by atoms with Gasteiger partial charge in [-0.1, -0.05) is 38.1 Å². The van der Waals surface area contributed by atoms with E-state index in [1.165, 1.54) is 17.5 Å². The molecule has 1 heterocycles. The minimum Gasteiger partial charge on any atom is -0.478 e. The first-order chi connectivity index (χ1) is 9.69. The van der Waals surface area contributed by atoms with Crippen LogP contribution in [0.3, 0.4) is 0 Å². The van der Waals surface area contributed by atoms with Gasteiger partial charge in [-0.25, -0.2) is 9.97 Å². The lowest BCUT2D eigenvalue weighted by Gasteiger charge is -2.09. The maximum atomic E-state index is 5.35. The summed E-state index contributed by atoms with van der Waals surface area (Å²) >= 11 is 0. The molecule has 0 saturated heterocycles. The third kappa shape index (κ3) is 3.95. The second-order valence-electron chi connectivity index (χ2n) is 4.92. The van der Waals surface area contributed by atoms with Crippen molar-refractivity contribution in [2.75, 3.05) is 11.9 Å². The molecule has 2 aromatic rings. The minimum absolute atomic E-state index is 0.563. The summed E-state index contributed by atoms with van der Waals surface area (Å²) in [4.78, 5) is 8.22. The van der Waals surface area contributed by atoms with Crippen molar-refractivity contribution in [3.63, 3.8) is 0 Å². The van der Waals surface area contributed by atoms with Crippen LogP contribution < -0.4 is 10.1 Å². The number of anilines is 1. The van der Waals surface area contributed by atoms with Crippen molar-refractivity contribution < 1.29 is 4.74 Å². The molecule has 106 valence electrons. The van der Waals surface area contributed by atoms with Crippen LogP contribution in [-0.2, 0) is 6.54 Å². The van der Waals surface area contributed by atoms with E-state index in [-0.39, 0.29) is 0 Å². The Morgan fingerprint density at radius 3 is 2.55 bits per heavy atom. The molecule has 0 bridgehead atoms. The Labute approximate surface area is 120 Å². The smallest absolute Gasteiger partial charge is 0.218 e. The minimum atomic E-state index is 0.563. The van der Waals surface area contributed by atoms with Gasteiger partial charge in [-0.15, -0.1) is 0 Å². The largest absolute Gasteiger partial charge is 0.478 e. The summed E-state index contributed by atoms with van der Waals surface area (Å²) in [6, 6.07) is 10.5. The average Bonchev–Trinajstić information content (AvgIpc) is 2.46. The number of ether oxygens (including phenoxy) is 1. The molecule has 4 nitrogen and oxygen atoms in total. The highest BCUT2D eigenvalue weighted by Gasteiger charge is 2.01. The van der Waals surface area contributed by atoms with Gasteiger partial charge < -0.3 is 10.1 Å². The second-order valence-corrected chi connectivity index (χ2v) is 4.92. The van der Waals surface area contributed by atoms with Crippen LogP contribution in [0.25, 0.3) is 0 Å². The SMILES string of the molecule is CCOc1cc(NCc2ccc(C(C)C)cc2)ncn1. The number of benzene rings is 1. The van der Waals surface area contributed by atoms with Gasteiger partial charge in [0.15, 0.2) is 0 Å². The molecule has 0 atom stereocenters. The summed E-state index contributed by atoms with van der Waals surface area (Å²) in [5.74, 6) is 1.93. The first-order valence-electron chi connectivity index (χ1n) is 6.96. The monoisotopic (exact) mass is 271 g/mol. The molecule has 1 aromatic heterocycles. The van der Waals surface area contributed by atoms with Gasteiger partial charge in [0.25, 0.3) is 0 Å². The topological polar surface area (TPSA) is 47.0 Å². The van der Waals surface area contributed by atoms with Gasteiger partial charge in [-0.05, 0) is 24.0 Å². The van der Waals surface area contributed by atoms with Gasteiger partial charge in [0.1, 0.15) is 12.1 Å². The van der Waals surface area contributed by atoms with Gasteiger partial charge in [-0.2, -0.15) is 0 Å². The molecular weight excluding hydrogens is 250 g/mol. The summed E-state index contributed by atoms with van der Waals surface area (Å²) < 4.78 is 5.35. The highest BCUT2D eigenvalue weighted by Crippen LogP contribution is 2.16. The van der Waals surface area contributed by atoms with Crippen molar-refractivity contribution in [2.45, 2.75) is 33.2 Å². The normalized spacial score (nSPS) is 10.6. The zero-order valence-corrected chi connectivity index (χ0v) is 12.3. The van der Waals surface area contributed by atoms with E-state index in [4.69, 9.17) is 4.74 Å². The predicted octanol–water partition coefficient (Wildman–Crippen LogP) is 3.61. The highest BCUT2D eigenvalue weighted by atomic mass is 16.5. The molecule has 4 heteroatoms. The molecule has 0 aliphatic rings. The number of hydrogen-bond donors (Lipinski definition) is 1.